The van der Waals surface area contributed by atoms with Gasteiger partial charge in [-0.2, -0.15) is 0 Å². The predicted octanol–water partition coefficient (Wildman–Crippen LogP) is 4.70. The Morgan fingerprint density at radius 3 is 2.50 bits per heavy atom. The second-order valence-electron chi connectivity index (χ2n) is 7.94. The Morgan fingerprint density at radius 1 is 1.16 bits per heavy atom. The number of ether oxygens (including phenoxy) is 1. The molecule has 2 amide bonds. The molecule has 1 aromatic heterocycles. The van der Waals surface area contributed by atoms with Crippen LogP contribution in [0.15, 0.2) is 42.5 Å². The molecule has 1 saturated heterocycles. The molecule has 0 spiro atoms. The van der Waals surface area contributed by atoms with E-state index in [0.29, 0.717) is 35.7 Å². The number of fused-ring (bicyclic) bond motifs is 1. The number of rotatable bonds is 3. The van der Waals surface area contributed by atoms with E-state index in [1.54, 1.807) is 31.1 Å². The number of hydrogen-bond donors (Lipinski definition) is 1. The highest BCUT2D eigenvalue weighted by molar-refractivity contribution is 6.36. The lowest BCUT2D eigenvalue weighted by Gasteiger charge is -2.38. The fourth-order valence-corrected chi connectivity index (χ4v) is 4.34. The van der Waals surface area contributed by atoms with Gasteiger partial charge in [-0.25, -0.2) is 9.78 Å². The zero-order valence-electron chi connectivity index (χ0n) is 18.1. The third kappa shape index (κ3) is 3.96. The Labute approximate surface area is 191 Å². The van der Waals surface area contributed by atoms with Gasteiger partial charge in [-0.3, -0.25) is 4.79 Å². The summed E-state index contributed by atoms with van der Waals surface area (Å²) in [6.07, 6.45) is -0.962. The van der Waals surface area contributed by atoms with E-state index in [-0.39, 0.29) is 11.9 Å². The van der Waals surface area contributed by atoms with E-state index in [2.05, 4.69) is 0 Å². The van der Waals surface area contributed by atoms with Gasteiger partial charge in [0.25, 0.3) is 5.91 Å². The van der Waals surface area contributed by atoms with Gasteiger partial charge in [0.15, 0.2) is 0 Å². The number of hydrogen-bond acceptors (Lipinski definition) is 4. The largest absolute Gasteiger partial charge is 0.497 e. The Balaban J connectivity index is 1.68. The molecule has 3 aromatic rings. The quantitative estimate of drug-likeness (QED) is 0.621. The van der Waals surface area contributed by atoms with Crippen LogP contribution in [0, 0.1) is 6.92 Å². The molecule has 0 saturated carbocycles. The Hall–Kier alpha value is -3.32. The van der Waals surface area contributed by atoms with Crippen LogP contribution in [0.1, 0.15) is 22.8 Å². The Morgan fingerprint density at radius 2 is 1.88 bits per heavy atom. The van der Waals surface area contributed by atoms with Gasteiger partial charge in [-0.1, -0.05) is 17.7 Å². The van der Waals surface area contributed by atoms with E-state index < -0.39 is 6.09 Å². The number of piperazine rings is 1. The first kappa shape index (κ1) is 21.9. The van der Waals surface area contributed by atoms with Crippen molar-refractivity contribution in [2.75, 3.05) is 26.7 Å². The molecule has 2 aromatic carbocycles. The normalized spacial score (nSPS) is 16.3. The highest BCUT2D eigenvalue weighted by Crippen LogP contribution is 2.34. The maximum atomic E-state index is 13.1. The minimum absolute atomic E-state index is 0.145. The zero-order chi connectivity index (χ0) is 23.0. The van der Waals surface area contributed by atoms with Gasteiger partial charge in [0.05, 0.1) is 23.3 Å². The number of pyridine rings is 1. The Kier molecular flexibility index (Phi) is 5.93. The summed E-state index contributed by atoms with van der Waals surface area (Å²) in [4.78, 5) is 32.3. The van der Waals surface area contributed by atoms with Crippen molar-refractivity contribution in [3.63, 3.8) is 0 Å². The zero-order valence-corrected chi connectivity index (χ0v) is 18.9. The number of nitrogens with zero attached hydrogens (tertiary/aromatic N) is 3. The molecule has 7 nitrogen and oxygen atoms in total. The standard InChI is InChI=1S/C24H24ClN3O4/c1-14-13-27(10-11-28(14)24(30)31)23(29)17-6-9-19-20(12-17)26-22(15(2)21(19)25)16-4-7-18(32-3)8-5-16/h4-9,12,14H,10-11,13H2,1-3H3,(H,30,31)/t14-/m1/s1. The highest BCUT2D eigenvalue weighted by Gasteiger charge is 2.30. The lowest BCUT2D eigenvalue weighted by atomic mass is 10.0. The van der Waals surface area contributed by atoms with E-state index in [0.717, 1.165) is 28.0 Å². The summed E-state index contributed by atoms with van der Waals surface area (Å²) in [6, 6.07) is 12.6. The average Bonchev–Trinajstić information content (AvgIpc) is 2.80. The minimum Gasteiger partial charge on any atom is -0.497 e. The molecule has 1 atom stereocenters. The summed E-state index contributed by atoms with van der Waals surface area (Å²) in [6.45, 7) is 4.73. The first-order valence-electron chi connectivity index (χ1n) is 10.3. The number of carbonyl (C=O) groups excluding carboxylic acids is 1. The van der Waals surface area contributed by atoms with Gasteiger partial charge in [-0.05, 0) is 55.8 Å². The molecule has 166 valence electrons. The number of carboxylic acid groups (broad SMARTS) is 1. The monoisotopic (exact) mass is 453 g/mol. The maximum Gasteiger partial charge on any atom is 0.407 e. The molecule has 1 aliphatic rings. The van der Waals surface area contributed by atoms with Crippen LogP contribution in [0.5, 0.6) is 5.75 Å². The lowest BCUT2D eigenvalue weighted by molar-refractivity contribution is 0.0507. The van der Waals surface area contributed by atoms with Crippen LogP contribution in [-0.4, -0.2) is 64.7 Å². The molecule has 1 fully saturated rings. The number of carbonyl (C=O) groups is 2. The van der Waals surface area contributed by atoms with E-state index in [9.17, 15) is 14.7 Å². The van der Waals surface area contributed by atoms with E-state index in [4.69, 9.17) is 21.3 Å². The van der Waals surface area contributed by atoms with E-state index in [1.165, 1.54) is 4.90 Å². The van der Waals surface area contributed by atoms with Crippen LogP contribution in [0.3, 0.4) is 0 Å². The maximum absolute atomic E-state index is 13.1. The van der Waals surface area contributed by atoms with Crippen molar-refractivity contribution in [3.05, 3.63) is 58.6 Å². The van der Waals surface area contributed by atoms with Gasteiger partial charge in [-0.15, -0.1) is 0 Å². The first-order valence-corrected chi connectivity index (χ1v) is 10.7. The second kappa shape index (κ2) is 8.67. The molecule has 1 aliphatic heterocycles. The fourth-order valence-electron chi connectivity index (χ4n) is 4.09. The van der Waals surface area contributed by atoms with Crippen LogP contribution in [-0.2, 0) is 0 Å². The summed E-state index contributed by atoms with van der Waals surface area (Å²) < 4.78 is 5.23. The van der Waals surface area contributed by atoms with Crippen LogP contribution in [0.25, 0.3) is 22.2 Å². The van der Waals surface area contributed by atoms with Crippen LogP contribution >= 0.6 is 11.6 Å². The number of benzene rings is 2. The molecule has 32 heavy (non-hydrogen) atoms. The SMILES string of the molecule is COc1ccc(-c2nc3cc(C(=O)N4CCN(C(=O)O)[C@H](C)C4)ccc3c(Cl)c2C)cc1. The summed E-state index contributed by atoms with van der Waals surface area (Å²) in [5, 5.41) is 10.6. The predicted molar refractivity (Wildman–Crippen MR) is 124 cm³/mol. The van der Waals surface area contributed by atoms with Gasteiger partial charge in [0.1, 0.15) is 5.75 Å². The molecule has 0 bridgehead atoms. The Bertz CT molecular complexity index is 1200. The number of amides is 2. The van der Waals surface area contributed by atoms with Crippen molar-refractivity contribution in [2.24, 2.45) is 0 Å². The second-order valence-corrected chi connectivity index (χ2v) is 8.31. The molecule has 1 N–H and O–H groups in total. The van der Waals surface area contributed by atoms with Gasteiger partial charge in [0, 0.05) is 42.2 Å². The summed E-state index contributed by atoms with van der Waals surface area (Å²) in [5.74, 6) is 0.608. The molecule has 0 aliphatic carbocycles. The van der Waals surface area contributed by atoms with E-state index in [1.807, 2.05) is 37.3 Å². The van der Waals surface area contributed by atoms with Crippen molar-refractivity contribution in [2.45, 2.75) is 19.9 Å². The van der Waals surface area contributed by atoms with Crippen LogP contribution in [0.2, 0.25) is 5.02 Å². The smallest absolute Gasteiger partial charge is 0.407 e. The number of halogens is 1. The molecule has 0 radical (unpaired) electrons. The van der Waals surface area contributed by atoms with E-state index >= 15 is 0 Å². The van der Waals surface area contributed by atoms with Crippen molar-refractivity contribution in [3.8, 4) is 17.0 Å². The number of aromatic nitrogens is 1. The third-order valence-electron chi connectivity index (χ3n) is 5.92. The summed E-state index contributed by atoms with van der Waals surface area (Å²) in [7, 11) is 1.62. The summed E-state index contributed by atoms with van der Waals surface area (Å²) >= 11 is 6.66. The van der Waals surface area contributed by atoms with Crippen molar-refractivity contribution < 1.29 is 19.4 Å². The molecular weight excluding hydrogens is 430 g/mol. The summed E-state index contributed by atoms with van der Waals surface area (Å²) in [5.41, 5.74) is 3.65. The van der Waals surface area contributed by atoms with Gasteiger partial charge >= 0.3 is 6.09 Å². The molecule has 2 heterocycles. The van der Waals surface area contributed by atoms with Crippen molar-refractivity contribution >= 4 is 34.5 Å². The van der Waals surface area contributed by atoms with Gasteiger partial charge in [0.2, 0.25) is 0 Å². The van der Waals surface area contributed by atoms with Crippen molar-refractivity contribution in [1.29, 1.82) is 0 Å². The minimum atomic E-state index is -0.962. The molecule has 4 rings (SSSR count). The van der Waals surface area contributed by atoms with Crippen LogP contribution < -0.4 is 4.74 Å². The van der Waals surface area contributed by atoms with Gasteiger partial charge < -0.3 is 19.6 Å². The highest BCUT2D eigenvalue weighted by atomic mass is 35.5. The molecule has 0 unspecified atom stereocenters. The topological polar surface area (TPSA) is 83.0 Å². The first-order chi connectivity index (χ1) is 15.3. The molecule has 8 heteroatoms. The molecular formula is C24H24ClN3O4. The number of methoxy groups -OCH3 is 1. The van der Waals surface area contributed by atoms with Crippen molar-refractivity contribution in [1.82, 2.24) is 14.8 Å². The fraction of sp³-hybridized carbons (Fsp3) is 0.292. The lowest BCUT2D eigenvalue weighted by Crippen LogP contribution is -2.55. The average molecular weight is 454 g/mol. The van der Waals surface area contributed by atoms with Crippen LogP contribution in [0.4, 0.5) is 4.79 Å². The third-order valence-corrected chi connectivity index (χ3v) is 6.41.